The molecule has 1 aromatic carbocycles. The Balaban J connectivity index is 2.47. The summed E-state index contributed by atoms with van der Waals surface area (Å²) >= 11 is 4.93. The number of aryl methyl sites for hydroxylation is 1. The van der Waals surface area contributed by atoms with Gasteiger partial charge in [0, 0.05) is 17.0 Å². The van der Waals surface area contributed by atoms with Crippen molar-refractivity contribution in [3.63, 3.8) is 0 Å². The van der Waals surface area contributed by atoms with E-state index in [-0.39, 0.29) is 10.8 Å². The second-order valence-corrected chi connectivity index (χ2v) is 4.41. The molecule has 4 nitrogen and oxygen atoms in total. The summed E-state index contributed by atoms with van der Waals surface area (Å²) in [5.74, 6) is 0.498. The normalized spacial score (nSPS) is 10.2. The maximum atomic E-state index is 11.6. The van der Waals surface area contributed by atoms with Gasteiger partial charge < -0.3 is 14.5 Å². The summed E-state index contributed by atoms with van der Waals surface area (Å²) < 4.78 is 10.6. The fraction of sp³-hybridized carbons (Fsp3) is 0.143. The molecule has 0 atom stereocenters. The van der Waals surface area contributed by atoms with E-state index in [2.05, 4.69) is 11.9 Å². The molecule has 0 spiro atoms. The molecular weight excluding hydrogens is 262 g/mol. The predicted octanol–water partition coefficient (Wildman–Crippen LogP) is 2.81. The Labute approximate surface area is 115 Å². The van der Waals surface area contributed by atoms with Gasteiger partial charge in [0.2, 0.25) is 0 Å². The highest BCUT2D eigenvalue weighted by Gasteiger charge is 2.09. The van der Waals surface area contributed by atoms with Crippen LogP contribution in [-0.4, -0.2) is 5.17 Å². The second-order valence-electron chi connectivity index (χ2n) is 4.04. The van der Waals surface area contributed by atoms with Gasteiger partial charge in [0.25, 0.3) is 5.17 Å². The number of benzene rings is 1. The van der Waals surface area contributed by atoms with Crippen LogP contribution in [-0.2, 0) is 0 Å². The Morgan fingerprint density at radius 2 is 2.16 bits per heavy atom. The van der Waals surface area contributed by atoms with Crippen LogP contribution in [0, 0.1) is 13.8 Å². The summed E-state index contributed by atoms with van der Waals surface area (Å²) in [4.78, 5) is 11.6. The average Bonchev–Trinajstić information content (AvgIpc) is 2.36. The molecular formula is C14H13NO3S. The Bertz CT molecular complexity index is 718. The van der Waals surface area contributed by atoms with Crippen molar-refractivity contribution in [1.29, 1.82) is 0 Å². The summed E-state index contributed by atoms with van der Waals surface area (Å²) in [5, 5.41) is 3.72. The summed E-state index contributed by atoms with van der Waals surface area (Å²) in [6.07, 6.45) is 1.43. The Morgan fingerprint density at radius 1 is 1.42 bits per heavy atom. The van der Waals surface area contributed by atoms with Crippen LogP contribution in [0.3, 0.4) is 0 Å². The third kappa shape index (κ3) is 2.66. The Kier molecular flexibility index (Phi) is 3.66. The summed E-state index contributed by atoms with van der Waals surface area (Å²) in [5.41, 5.74) is 1.66. The van der Waals surface area contributed by atoms with Crippen molar-refractivity contribution >= 4 is 28.4 Å². The zero-order valence-electron chi connectivity index (χ0n) is 10.6. The van der Waals surface area contributed by atoms with E-state index in [0.717, 1.165) is 10.9 Å². The lowest BCUT2D eigenvalue weighted by Gasteiger charge is -2.08. The second kappa shape index (κ2) is 5.24. The maximum Gasteiger partial charge on any atom is 0.339 e. The lowest BCUT2D eigenvalue weighted by atomic mass is 10.1. The molecule has 0 saturated carbocycles. The number of rotatable bonds is 2. The van der Waals surface area contributed by atoms with Crippen LogP contribution in [0.25, 0.3) is 11.0 Å². The molecule has 0 aliphatic heterocycles. The van der Waals surface area contributed by atoms with Gasteiger partial charge in [-0.2, -0.15) is 0 Å². The monoisotopic (exact) mass is 275 g/mol. The summed E-state index contributed by atoms with van der Waals surface area (Å²) in [6, 6.07) is 5.25. The van der Waals surface area contributed by atoms with Crippen LogP contribution < -0.4 is 15.7 Å². The molecule has 0 bridgehead atoms. The average molecular weight is 275 g/mol. The van der Waals surface area contributed by atoms with E-state index in [1.807, 2.05) is 13.0 Å². The van der Waals surface area contributed by atoms with Gasteiger partial charge in [0.05, 0.1) is 0 Å². The minimum absolute atomic E-state index is 0.181. The molecule has 0 unspecified atom stereocenters. The van der Waals surface area contributed by atoms with Crippen LogP contribution in [0.15, 0.2) is 40.2 Å². The van der Waals surface area contributed by atoms with Crippen LogP contribution in [0.2, 0.25) is 0 Å². The quantitative estimate of drug-likeness (QED) is 0.674. The lowest BCUT2D eigenvalue weighted by Crippen LogP contribution is -2.20. The molecule has 19 heavy (non-hydrogen) atoms. The van der Waals surface area contributed by atoms with E-state index in [1.54, 1.807) is 19.1 Å². The maximum absolute atomic E-state index is 11.6. The number of thiocarbonyl (C=S) groups is 1. The zero-order chi connectivity index (χ0) is 14.0. The first-order valence-electron chi connectivity index (χ1n) is 5.66. The van der Waals surface area contributed by atoms with Gasteiger partial charge in [-0.1, -0.05) is 6.58 Å². The zero-order valence-corrected chi connectivity index (χ0v) is 11.5. The highest BCUT2D eigenvalue weighted by molar-refractivity contribution is 7.80. The molecule has 0 saturated heterocycles. The Hall–Kier alpha value is -2.14. The van der Waals surface area contributed by atoms with Crippen molar-refractivity contribution in [3.8, 4) is 5.75 Å². The van der Waals surface area contributed by atoms with Crippen LogP contribution >= 0.6 is 12.2 Å². The molecule has 2 rings (SSSR count). The largest absolute Gasteiger partial charge is 0.432 e. The van der Waals surface area contributed by atoms with Crippen LogP contribution in [0.1, 0.15) is 11.1 Å². The Morgan fingerprint density at radius 3 is 2.84 bits per heavy atom. The van der Waals surface area contributed by atoms with Gasteiger partial charge in [0.15, 0.2) is 0 Å². The third-order valence-corrected chi connectivity index (χ3v) is 3.06. The third-order valence-electron chi connectivity index (χ3n) is 2.86. The van der Waals surface area contributed by atoms with Gasteiger partial charge >= 0.3 is 5.63 Å². The van der Waals surface area contributed by atoms with Gasteiger partial charge in [-0.15, -0.1) is 0 Å². The van der Waals surface area contributed by atoms with Crippen molar-refractivity contribution in [1.82, 2.24) is 5.32 Å². The minimum Gasteiger partial charge on any atom is -0.432 e. The molecule has 5 heteroatoms. The first-order valence-corrected chi connectivity index (χ1v) is 6.07. The van der Waals surface area contributed by atoms with E-state index in [9.17, 15) is 4.79 Å². The number of hydrogen-bond acceptors (Lipinski definition) is 4. The molecule has 0 aliphatic carbocycles. The summed E-state index contributed by atoms with van der Waals surface area (Å²) in [7, 11) is 0. The molecule has 1 heterocycles. The molecule has 0 fully saturated rings. The van der Waals surface area contributed by atoms with Crippen molar-refractivity contribution in [2.24, 2.45) is 0 Å². The van der Waals surface area contributed by atoms with E-state index < -0.39 is 0 Å². The predicted molar refractivity (Wildman–Crippen MR) is 78.5 cm³/mol. The number of fused-ring (bicyclic) bond motifs is 1. The lowest BCUT2D eigenvalue weighted by molar-refractivity contribution is 0.532. The van der Waals surface area contributed by atoms with Gasteiger partial charge in [-0.05, 0) is 50.0 Å². The van der Waals surface area contributed by atoms with E-state index in [0.29, 0.717) is 16.9 Å². The van der Waals surface area contributed by atoms with Crippen molar-refractivity contribution in [3.05, 3.63) is 52.5 Å². The smallest absolute Gasteiger partial charge is 0.339 e. The molecule has 2 aromatic rings. The minimum atomic E-state index is -0.339. The van der Waals surface area contributed by atoms with Gasteiger partial charge in [-0.25, -0.2) is 4.79 Å². The van der Waals surface area contributed by atoms with Gasteiger partial charge in [-0.3, -0.25) is 0 Å². The standard InChI is InChI=1S/C14H13NO3S/c1-4-15-14(19)17-10-5-6-11-8(2)9(3)13(16)18-12(11)7-10/h4-7H,1H2,2-3H3,(H,15,19). The molecule has 0 aliphatic rings. The molecule has 98 valence electrons. The van der Waals surface area contributed by atoms with E-state index in [1.165, 1.54) is 6.20 Å². The number of nitrogens with one attached hydrogen (secondary N) is 1. The highest BCUT2D eigenvalue weighted by Crippen LogP contribution is 2.23. The number of hydrogen-bond donors (Lipinski definition) is 1. The molecule has 0 radical (unpaired) electrons. The first-order chi connectivity index (χ1) is 9.02. The van der Waals surface area contributed by atoms with Crippen molar-refractivity contribution in [2.75, 3.05) is 0 Å². The van der Waals surface area contributed by atoms with E-state index >= 15 is 0 Å². The summed E-state index contributed by atoms with van der Waals surface area (Å²) in [6.45, 7) is 7.12. The SMILES string of the molecule is C=CNC(=S)Oc1ccc2c(C)c(C)c(=O)oc2c1. The molecule has 1 N–H and O–H groups in total. The molecule has 1 aromatic heterocycles. The molecule has 0 amide bonds. The fourth-order valence-electron chi connectivity index (χ4n) is 1.71. The fourth-order valence-corrected chi connectivity index (χ4v) is 1.89. The number of ether oxygens (including phenoxy) is 1. The van der Waals surface area contributed by atoms with Crippen molar-refractivity contribution < 1.29 is 9.15 Å². The van der Waals surface area contributed by atoms with E-state index in [4.69, 9.17) is 21.4 Å². The van der Waals surface area contributed by atoms with Gasteiger partial charge in [0.1, 0.15) is 11.3 Å². The highest BCUT2D eigenvalue weighted by atomic mass is 32.1. The van der Waals surface area contributed by atoms with Crippen LogP contribution in [0.4, 0.5) is 0 Å². The first kappa shape index (κ1) is 13.3. The van der Waals surface area contributed by atoms with Crippen molar-refractivity contribution in [2.45, 2.75) is 13.8 Å². The topological polar surface area (TPSA) is 51.5 Å². The van der Waals surface area contributed by atoms with Crippen LogP contribution in [0.5, 0.6) is 5.75 Å².